The zero-order valence-electron chi connectivity index (χ0n) is 23.5. The molecule has 0 N–H and O–H groups in total. The van der Waals surface area contributed by atoms with Gasteiger partial charge in [0.1, 0.15) is 5.75 Å². The molecule has 0 radical (unpaired) electrons. The van der Waals surface area contributed by atoms with Crippen LogP contribution in [0.25, 0.3) is 0 Å². The van der Waals surface area contributed by atoms with E-state index in [9.17, 15) is 4.79 Å². The largest absolute Gasteiger partial charge is 0.497 e. The van der Waals surface area contributed by atoms with Crippen molar-refractivity contribution in [2.24, 2.45) is 5.92 Å². The molecule has 8 heteroatoms. The summed E-state index contributed by atoms with van der Waals surface area (Å²) in [4.78, 5) is 15.2. The summed E-state index contributed by atoms with van der Waals surface area (Å²) in [7, 11) is 3.70. The van der Waals surface area contributed by atoms with Crippen LogP contribution in [0.4, 0.5) is 0 Å². The summed E-state index contributed by atoms with van der Waals surface area (Å²) in [5.41, 5.74) is 2.13. The summed E-state index contributed by atoms with van der Waals surface area (Å²) in [6.07, 6.45) is 5.08. The van der Waals surface area contributed by atoms with Crippen molar-refractivity contribution in [1.29, 1.82) is 0 Å². The van der Waals surface area contributed by atoms with Crippen LogP contribution < -0.4 is 14.2 Å². The number of fused-ring (bicyclic) bond motifs is 1. The predicted octanol–water partition coefficient (Wildman–Crippen LogP) is 6.11. The minimum absolute atomic E-state index is 0.00523. The van der Waals surface area contributed by atoms with E-state index in [-0.39, 0.29) is 30.6 Å². The van der Waals surface area contributed by atoms with Gasteiger partial charge >= 0.3 is 5.97 Å². The van der Waals surface area contributed by atoms with E-state index < -0.39 is 0 Å². The highest BCUT2D eigenvalue weighted by molar-refractivity contribution is 7.77. The van der Waals surface area contributed by atoms with Gasteiger partial charge < -0.3 is 18.9 Å². The first-order valence-corrected chi connectivity index (χ1v) is 14.2. The van der Waals surface area contributed by atoms with Crippen molar-refractivity contribution in [2.75, 3.05) is 47.2 Å². The van der Waals surface area contributed by atoms with Gasteiger partial charge in [0.05, 0.1) is 19.6 Å². The van der Waals surface area contributed by atoms with Gasteiger partial charge in [0, 0.05) is 31.6 Å². The van der Waals surface area contributed by atoms with Crippen molar-refractivity contribution in [3.05, 3.63) is 53.6 Å². The molecule has 0 amide bonds. The van der Waals surface area contributed by atoms with Gasteiger partial charge in [-0.05, 0) is 62.2 Å². The SMILES string of the molecule is CCCCN(S)CCCC.CCOC(=O)C1C(c2ccc3c(c2)OCO3)CN(C)C1c1ccc(OC)cc1. The van der Waals surface area contributed by atoms with Gasteiger partial charge in [0.2, 0.25) is 6.79 Å². The van der Waals surface area contributed by atoms with Crippen molar-refractivity contribution in [2.45, 2.75) is 58.4 Å². The van der Waals surface area contributed by atoms with E-state index in [0.717, 1.165) is 48.0 Å². The van der Waals surface area contributed by atoms with Crippen molar-refractivity contribution in [3.63, 3.8) is 0 Å². The Morgan fingerprint density at radius 1 is 1.00 bits per heavy atom. The fraction of sp³-hybridized carbons (Fsp3) is 0.567. The standard InChI is InChI=1S/C22H25NO5.C8H19NS/c1-4-26-22(24)20-17(15-7-10-18-19(11-15)28-13-27-18)12-23(2)21(20)14-5-8-16(25-3)9-6-14;1-3-5-7-9(10)8-6-4-2/h5-11,17,20-21H,4,12-13H2,1-3H3;10H,3-8H2,1-2H3. The van der Waals surface area contributed by atoms with Crippen LogP contribution in [0.5, 0.6) is 17.2 Å². The van der Waals surface area contributed by atoms with E-state index in [1.807, 2.05) is 56.4 Å². The summed E-state index contributed by atoms with van der Waals surface area (Å²) in [6, 6.07) is 13.8. The van der Waals surface area contributed by atoms with Gasteiger partial charge in [0.25, 0.3) is 0 Å². The second-order valence-electron chi connectivity index (χ2n) is 9.82. The molecule has 3 atom stereocenters. The van der Waals surface area contributed by atoms with Crippen molar-refractivity contribution >= 4 is 18.8 Å². The fourth-order valence-electron chi connectivity index (χ4n) is 5.08. The molecule has 1 saturated heterocycles. The number of benzene rings is 2. The number of thiol groups is 1. The van der Waals surface area contributed by atoms with Crippen LogP contribution in [0.3, 0.4) is 0 Å². The maximum absolute atomic E-state index is 13.0. The summed E-state index contributed by atoms with van der Waals surface area (Å²) in [6.45, 7) is 9.89. The molecular weight excluding hydrogens is 500 g/mol. The third-order valence-electron chi connectivity index (χ3n) is 7.11. The lowest BCUT2D eigenvalue weighted by molar-refractivity contribution is -0.149. The lowest BCUT2D eigenvalue weighted by Gasteiger charge is -2.26. The zero-order valence-corrected chi connectivity index (χ0v) is 24.4. The molecule has 2 aromatic carbocycles. The summed E-state index contributed by atoms with van der Waals surface area (Å²) >= 11 is 4.33. The second kappa shape index (κ2) is 15.2. The summed E-state index contributed by atoms with van der Waals surface area (Å²) < 4.78 is 23.8. The molecule has 38 heavy (non-hydrogen) atoms. The molecule has 0 aromatic heterocycles. The minimum atomic E-state index is -0.307. The lowest BCUT2D eigenvalue weighted by Crippen LogP contribution is -2.28. The van der Waals surface area contributed by atoms with Gasteiger partial charge in [-0.25, -0.2) is 0 Å². The number of carbonyl (C=O) groups excluding carboxylic acids is 1. The van der Waals surface area contributed by atoms with Crippen LogP contribution in [0.15, 0.2) is 42.5 Å². The van der Waals surface area contributed by atoms with Crippen LogP contribution in [0, 0.1) is 5.92 Å². The van der Waals surface area contributed by atoms with Crippen LogP contribution in [-0.2, 0) is 9.53 Å². The average Bonchev–Trinajstić information content (AvgIpc) is 3.55. The highest BCUT2D eigenvalue weighted by Gasteiger charge is 2.46. The van der Waals surface area contributed by atoms with Crippen molar-refractivity contribution < 1.29 is 23.7 Å². The molecule has 2 aromatic rings. The zero-order chi connectivity index (χ0) is 27.5. The molecule has 2 heterocycles. The number of rotatable bonds is 11. The number of likely N-dealkylation sites (N-methyl/N-ethyl adjacent to an activating group) is 1. The van der Waals surface area contributed by atoms with Gasteiger partial charge in [0.15, 0.2) is 11.5 Å². The molecular formula is C30H44N2O5S. The fourth-order valence-corrected chi connectivity index (χ4v) is 5.36. The van der Waals surface area contributed by atoms with E-state index in [0.29, 0.717) is 6.61 Å². The number of hydrogen-bond acceptors (Lipinski definition) is 8. The predicted molar refractivity (Wildman–Crippen MR) is 154 cm³/mol. The number of hydrogen-bond donors (Lipinski definition) is 1. The molecule has 3 unspecified atom stereocenters. The molecule has 210 valence electrons. The van der Waals surface area contributed by atoms with Gasteiger partial charge in [-0.3, -0.25) is 14.0 Å². The Morgan fingerprint density at radius 2 is 1.63 bits per heavy atom. The van der Waals surface area contributed by atoms with Gasteiger partial charge in [-0.15, -0.1) is 0 Å². The Hall–Kier alpha value is -2.42. The Balaban J connectivity index is 0.000000342. The number of nitrogens with zero attached hydrogens (tertiary/aromatic N) is 2. The average molecular weight is 545 g/mol. The minimum Gasteiger partial charge on any atom is -0.497 e. The third kappa shape index (κ3) is 7.80. The first-order chi connectivity index (χ1) is 18.4. The Bertz CT molecular complexity index is 995. The van der Waals surface area contributed by atoms with Crippen LogP contribution in [0.2, 0.25) is 0 Å². The molecule has 7 nitrogen and oxygen atoms in total. The molecule has 2 aliphatic heterocycles. The molecule has 1 fully saturated rings. The molecule has 0 aliphatic carbocycles. The number of esters is 1. The Kier molecular flexibility index (Phi) is 12.1. The Morgan fingerprint density at radius 3 is 2.24 bits per heavy atom. The monoisotopic (exact) mass is 544 g/mol. The first-order valence-electron chi connectivity index (χ1n) is 13.8. The highest BCUT2D eigenvalue weighted by Crippen LogP contribution is 2.47. The molecule has 0 saturated carbocycles. The van der Waals surface area contributed by atoms with E-state index >= 15 is 0 Å². The quantitative estimate of drug-likeness (QED) is 0.271. The summed E-state index contributed by atoms with van der Waals surface area (Å²) in [5.74, 6) is 1.80. The Labute approximate surface area is 233 Å². The van der Waals surface area contributed by atoms with Crippen LogP contribution >= 0.6 is 12.8 Å². The molecule has 4 rings (SSSR count). The maximum atomic E-state index is 13.0. The van der Waals surface area contributed by atoms with E-state index in [4.69, 9.17) is 18.9 Å². The highest BCUT2D eigenvalue weighted by atomic mass is 32.1. The van der Waals surface area contributed by atoms with Crippen molar-refractivity contribution in [3.8, 4) is 17.2 Å². The third-order valence-corrected chi connectivity index (χ3v) is 7.51. The molecule has 2 aliphatic rings. The van der Waals surface area contributed by atoms with Gasteiger partial charge in [-0.2, -0.15) is 0 Å². The van der Waals surface area contributed by atoms with E-state index in [1.54, 1.807) is 7.11 Å². The van der Waals surface area contributed by atoms with Crippen molar-refractivity contribution in [1.82, 2.24) is 9.21 Å². The van der Waals surface area contributed by atoms with E-state index in [1.165, 1.54) is 25.7 Å². The number of unbranched alkanes of at least 4 members (excludes halogenated alkanes) is 2. The summed E-state index contributed by atoms with van der Waals surface area (Å²) in [5, 5.41) is 0. The number of carbonyl (C=O) groups is 1. The number of likely N-dealkylation sites (tertiary alicyclic amines) is 1. The van der Waals surface area contributed by atoms with E-state index in [2.05, 4.69) is 35.9 Å². The smallest absolute Gasteiger partial charge is 0.311 e. The molecule has 0 spiro atoms. The first kappa shape index (κ1) is 30.1. The van der Waals surface area contributed by atoms with Crippen LogP contribution in [-0.4, -0.2) is 62.4 Å². The maximum Gasteiger partial charge on any atom is 0.311 e. The topological polar surface area (TPSA) is 60.5 Å². The van der Waals surface area contributed by atoms with Crippen LogP contribution in [0.1, 0.15) is 69.5 Å². The normalized spacial score (nSPS) is 20.2. The lowest BCUT2D eigenvalue weighted by atomic mass is 9.82. The molecule has 0 bridgehead atoms. The van der Waals surface area contributed by atoms with Gasteiger partial charge in [-0.1, -0.05) is 57.7 Å². The number of ether oxygens (including phenoxy) is 4. The second-order valence-corrected chi connectivity index (χ2v) is 10.4. The number of methoxy groups -OCH3 is 1.